The molecule has 10 heavy (non-hydrogen) atoms. The van der Waals surface area contributed by atoms with Gasteiger partial charge in [0, 0.05) is 0 Å². The summed E-state index contributed by atoms with van der Waals surface area (Å²) in [6.07, 6.45) is 1.01. The van der Waals surface area contributed by atoms with Gasteiger partial charge in [0.25, 0.3) is 0 Å². The first-order valence-corrected chi connectivity index (χ1v) is 3.71. The highest BCUT2D eigenvalue weighted by Gasteiger charge is 2.22. The largest absolute Gasteiger partial charge is 0.321 e. The maximum atomic E-state index is 11.0. The minimum Gasteiger partial charge on any atom is -0.321 e. The van der Waals surface area contributed by atoms with E-state index >= 15 is 0 Å². The van der Waals surface area contributed by atoms with Crippen LogP contribution in [0.5, 0.6) is 0 Å². The fourth-order valence-corrected chi connectivity index (χ4v) is 1.16. The average molecular weight is 142 g/mol. The van der Waals surface area contributed by atoms with Crippen LogP contribution in [0.3, 0.4) is 0 Å². The summed E-state index contributed by atoms with van der Waals surface area (Å²) >= 11 is 0. The zero-order valence-corrected chi connectivity index (χ0v) is 6.26. The van der Waals surface area contributed by atoms with E-state index in [2.05, 4.69) is 5.32 Å². The summed E-state index contributed by atoms with van der Waals surface area (Å²) in [5, 5.41) is 3.03. The van der Waals surface area contributed by atoms with Crippen LogP contribution in [-0.4, -0.2) is 24.9 Å². The second-order valence-electron chi connectivity index (χ2n) is 2.93. The Kier molecular flexibility index (Phi) is 2.40. The van der Waals surface area contributed by atoms with Gasteiger partial charge in [0.2, 0.25) is 0 Å². The van der Waals surface area contributed by atoms with Crippen LogP contribution in [0, 0.1) is 5.92 Å². The lowest BCUT2D eigenvalue weighted by Crippen LogP contribution is -2.38. The van der Waals surface area contributed by atoms with Crippen LogP contribution >= 0.6 is 0 Å². The molecule has 1 saturated heterocycles. The van der Waals surface area contributed by atoms with Crippen molar-refractivity contribution in [3.63, 3.8) is 0 Å². The van der Waals surface area contributed by atoms with Gasteiger partial charge in [-0.15, -0.1) is 0 Å². The van der Waals surface area contributed by atoms with Gasteiger partial charge in [0.05, 0.1) is 12.6 Å². The van der Waals surface area contributed by atoms with E-state index < -0.39 is 0 Å². The number of hydrogen-bond acceptors (Lipinski definition) is 3. The Balaban J connectivity index is 2.55. The maximum absolute atomic E-state index is 11.0. The molecule has 0 saturated carbocycles. The van der Waals surface area contributed by atoms with E-state index in [1.807, 2.05) is 6.92 Å². The Morgan fingerprint density at radius 3 is 3.10 bits per heavy atom. The number of Topliss-reactive ketones (excluding diaryl/α,β-unsaturated/α-hetero) is 1. The number of nitrogens with two attached hydrogens (primary N) is 1. The van der Waals surface area contributed by atoms with Crippen LogP contribution < -0.4 is 11.1 Å². The minimum absolute atomic E-state index is 0.144. The smallest absolute Gasteiger partial charge is 0.163 e. The summed E-state index contributed by atoms with van der Waals surface area (Å²) in [4.78, 5) is 11.0. The van der Waals surface area contributed by atoms with Crippen molar-refractivity contribution in [3.05, 3.63) is 0 Å². The normalized spacial score (nSPS) is 35.6. The summed E-state index contributed by atoms with van der Waals surface area (Å²) in [5.41, 5.74) is 5.63. The van der Waals surface area contributed by atoms with Crippen molar-refractivity contribution >= 4 is 5.78 Å². The Morgan fingerprint density at radius 2 is 2.40 bits per heavy atom. The van der Waals surface area contributed by atoms with Gasteiger partial charge in [-0.1, -0.05) is 6.92 Å². The number of nitrogens with one attached hydrogen (secondary N) is 1. The number of ketones is 1. The van der Waals surface area contributed by atoms with Crippen LogP contribution in [-0.2, 0) is 4.79 Å². The van der Waals surface area contributed by atoms with Crippen LogP contribution in [0.25, 0.3) is 0 Å². The summed E-state index contributed by atoms with van der Waals surface area (Å²) in [7, 11) is 0. The van der Waals surface area contributed by atoms with E-state index in [0.717, 1.165) is 13.0 Å². The molecule has 1 aliphatic rings. The molecule has 1 fully saturated rings. The molecule has 0 amide bonds. The Bertz CT molecular complexity index is 136. The fourth-order valence-electron chi connectivity index (χ4n) is 1.16. The molecule has 3 heteroatoms. The van der Waals surface area contributed by atoms with Crippen molar-refractivity contribution < 1.29 is 4.79 Å². The number of carbonyl (C=O) groups is 1. The highest BCUT2D eigenvalue weighted by molar-refractivity contribution is 5.86. The van der Waals surface area contributed by atoms with Crippen LogP contribution in [0.15, 0.2) is 0 Å². The predicted octanol–water partition coefficient (Wildman–Crippen LogP) is -0.488. The second kappa shape index (κ2) is 3.12. The molecular weight excluding hydrogens is 128 g/mol. The lowest BCUT2D eigenvalue weighted by atomic mass is 9.97. The lowest BCUT2D eigenvalue weighted by Gasteiger charge is -2.12. The van der Waals surface area contributed by atoms with Gasteiger partial charge in [-0.2, -0.15) is 0 Å². The van der Waals surface area contributed by atoms with E-state index in [-0.39, 0.29) is 11.8 Å². The van der Waals surface area contributed by atoms with Gasteiger partial charge in [0.1, 0.15) is 0 Å². The van der Waals surface area contributed by atoms with Gasteiger partial charge in [0.15, 0.2) is 5.78 Å². The second-order valence-corrected chi connectivity index (χ2v) is 2.93. The molecule has 0 bridgehead atoms. The molecule has 58 valence electrons. The van der Waals surface area contributed by atoms with Gasteiger partial charge in [-0.25, -0.2) is 0 Å². The Labute approximate surface area is 61.0 Å². The topological polar surface area (TPSA) is 55.1 Å². The van der Waals surface area contributed by atoms with Crippen molar-refractivity contribution in [2.45, 2.75) is 19.4 Å². The minimum atomic E-state index is -0.241. The van der Waals surface area contributed by atoms with Gasteiger partial charge >= 0.3 is 0 Å². The molecule has 0 aromatic carbocycles. The zero-order chi connectivity index (χ0) is 7.56. The summed E-state index contributed by atoms with van der Waals surface area (Å²) in [5.74, 6) is 0.479. The quantitative estimate of drug-likeness (QED) is 0.480. The Morgan fingerprint density at radius 1 is 1.70 bits per heavy atom. The van der Waals surface area contributed by atoms with Crippen LogP contribution in [0.4, 0.5) is 0 Å². The molecule has 0 aliphatic carbocycles. The van der Waals surface area contributed by atoms with E-state index in [4.69, 9.17) is 5.73 Å². The molecule has 0 radical (unpaired) electrons. The molecule has 0 aromatic heterocycles. The number of hydrogen-bond donors (Lipinski definition) is 2. The van der Waals surface area contributed by atoms with Crippen molar-refractivity contribution in [2.75, 3.05) is 13.1 Å². The first-order valence-electron chi connectivity index (χ1n) is 3.71. The molecule has 1 rings (SSSR count). The predicted molar refractivity (Wildman–Crippen MR) is 39.6 cm³/mol. The zero-order valence-electron chi connectivity index (χ0n) is 6.26. The van der Waals surface area contributed by atoms with E-state index in [1.54, 1.807) is 0 Å². The summed E-state index contributed by atoms with van der Waals surface area (Å²) < 4.78 is 0. The van der Waals surface area contributed by atoms with Crippen molar-refractivity contribution in [1.82, 2.24) is 5.32 Å². The molecule has 0 spiro atoms. The molecule has 2 unspecified atom stereocenters. The third-order valence-corrected chi connectivity index (χ3v) is 2.06. The average Bonchev–Trinajstić information content (AvgIpc) is 2.04. The molecule has 1 heterocycles. The molecule has 0 aromatic rings. The van der Waals surface area contributed by atoms with Gasteiger partial charge in [-0.05, 0) is 18.9 Å². The van der Waals surface area contributed by atoms with Crippen LogP contribution in [0.2, 0.25) is 0 Å². The molecular formula is C7H14N2O. The summed E-state index contributed by atoms with van der Waals surface area (Å²) in [6, 6.07) is -0.241. The van der Waals surface area contributed by atoms with Crippen molar-refractivity contribution in [1.29, 1.82) is 0 Å². The molecule has 3 N–H and O–H groups in total. The fraction of sp³-hybridized carbons (Fsp3) is 0.857. The maximum Gasteiger partial charge on any atom is 0.163 e. The SMILES string of the molecule is CC1CCNCC(=O)C1N. The van der Waals surface area contributed by atoms with Gasteiger partial charge < -0.3 is 11.1 Å². The first kappa shape index (κ1) is 7.69. The number of carbonyl (C=O) groups excluding carboxylic acids is 1. The van der Waals surface area contributed by atoms with E-state index in [0.29, 0.717) is 12.5 Å². The highest BCUT2D eigenvalue weighted by Crippen LogP contribution is 2.08. The first-order chi connectivity index (χ1) is 4.72. The Hall–Kier alpha value is -0.410. The van der Waals surface area contributed by atoms with E-state index in [1.165, 1.54) is 0 Å². The monoisotopic (exact) mass is 142 g/mol. The molecule has 2 atom stereocenters. The van der Waals surface area contributed by atoms with Crippen molar-refractivity contribution in [3.8, 4) is 0 Å². The van der Waals surface area contributed by atoms with E-state index in [9.17, 15) is 4.79 Å². The molecule has 1 aliphatic heterocycles. The third-order valence-electron chi connectivity index (χ3n) is 2.06. The number of rotatable bonds is 0. The van der Waals surface area contributed by atoms with Gasteiger partial charge in [-0.3, -0.25) is 4.79 Å². The standard InChI is InChI=1S/C7H14N2O/c1-5-2-3-9-4-6(10)7(5)8/h5,7,9H,2-4,8H2,1H3. The summed E-state index contributed by atoms with van der Waals surface area (Å²) in [6.45, 7) is 3.39. The van der Waals surface area contributed by atoms with Crippen LogP contribution in [0.1, 0.15) is 13.3 Å². The molecule has 3 nitrogen and oxygen atoms in total. The van der Waals surface area contributed by atoms with Crippen molar-refractivity contribution in [2.24, 2.45) is 11.7 Å². The highest BCUT2D eigenvalue weighted by atomic mass is 16.1. The lowest BCUT2D eigenvalue weighted by molar-refractivity contribution is -0.119. The third kappa shape index (κ3) is 1.55.